The first kappa shape index (κ1) is 14.4. The van der Waals surface area contributed by atoms with Crippen LogP contribution < -0.4 is 16.0 Å². The Morgan fingerprint density at radius 2 is 1.81 bits per heavy atom. The third-order valence-electron chi connectivity index (χ3n) is 5.05. The molecule has 0 bridgehead atoms. The summed E-state index contributed by atoms with van der Waals surface area (Å²) in [7, 11) is 0. The fraction of sp³-hybridized carbons (Fsp3) is 0.800. The minimum absolute atomic E-state index is 0.311. The Labute approximate surface area is 126 Å². The summed E-state index contributed by atoms with van der Waals surface area (Å²) in [4.78, 5) is 15.3. The zero-order valence-electron chi connectivity index (χ0n) is 13.0. The van der Waals surface area contributed by atoms with Gasteiger partial charge < -0.3 is 16.0 Å². The second-order valence-corrected chi connectivity index (χ2v) is 6.53. The standard InChI is InChI=1S/C15H26N6/c1-10-6-5-7-12(11(10)2)17-14-18-13(16)19-15(20-14)21-8-3-4-9-21/h10-12H,3-9H2,1-2H3,(H3,16,17,18,19,20). The molecule has 0 spiro atoms. The van der Waals surface area contributed by atoms with Crippen LogP contribution in [0.3, 0.4) is 0 Å². The topological polar surface area (TPSA) is 80.0 Å². The molecule has 0 aromatic carbocycles. The van der Waals surface area contributed by atoms with Gasteiger partial charge in [0.15, 0.2) is 0 Å². The molecule has 1 aromatic heterocycles. The van der Waals surface area contributed by atoms with Crippen LogP contribution in [0.1, 0.15) is 46.0 Å². The van der Waals surface area contributed by atoms with E-state index >= 15 is 0 Å². The molecule has 6 heteroatoms. The first-order valence-electron chi connectivity index (χ1n) is 8.16. The summed E-state index contributed by atoms with van der Waals surface area (Å²) in [6.07, 6.45) is 6.16. The van der Waals surface area contributed by atoms with Crippen molar-refractivity contribution in [2.45, 2.75) is 52.0 Å². The third-order valence-corrected chi connectivity index (χ3v) is 5.05. The molecule has 3 N–H and O–H groups in total. The number of nitrogens with zero attached hydrogens (tertiary/aromatic N) is 4. The molecule has 3 atom stereocenters. The van der Waals surface area contributed by atoms with E-state index in [1.165, 1.54) is 32.1 Å². The normalized spacial score (nSPS) is 29.6. The van der Waals surface area contributed by atoms with Crippen LogP contribution in [0.25, 0.3) is 0 Å². The predicted molar refractivity (Wildman–Crippen MR) is 85.3 cm³/mol. The van der Waals surface area contributed by atoms with Gasteiger partial charge >= 0.3 is 0 Å². The van der Waals surface area contributed by atoms with Gasteiger partial charge in [-0.05, 0) is 31.1 Å². The van der Waals surface area contributed by atoms with E-state index in [1.807, 2.05) is 0 Å². The molecule has 1 saturated heterocycles. The number of nitrogens with one attached hydrogen (secondary N) is 1. The quantitative estimate of drug-likeness (QED) is 0.889. The Bertz CT molecular complexity index is 485. The SMILES string of the molecule is CC1CCCC(Nc2nc(N)nc(N3CCCC3)n2)C1C. The van der Waals surface area contributed by atoms with E-state index < -0.39 is 0 Å². The van der Waals surface area contributed by atoms with Crippen LogP contribution in [0.5, 0.6) is 0 Å². The molecule has 1 aromatic rings. The van der Waals surface area contributed by atoms with Gasteiger partial charge in [-0.1, -0.05) is 26.7 Å². The van der Waals surface area contributed by atoms with Crippen molar-refractivity contribution in [1.82, 2.24) is 15.0 Å². The van der Waals surface area contributed by atoms with Crippen molar-refractivity contribution < 1.29 is 0 Å². The van der Waals surface area contributed by atoms with E-state index in [0.717, 1.165) is 25.0 Å². The highest BCUT2D eigenvalue weighted by atomic mass is 15.3. The monoisotopic (exact) mass is 290 g/mol. The number of nitrogen functional groups attached to an aromatic ring is 1. The van der Waals surface area contributed by atoms with E-state index in [0.29, 0.717) is 23.9 Å². The summed E-state index contributed by atoms with van der Waals surface area (Å²) in [5.74, 6) is 3.04. The van der Waals surface area contributed by atoms with Crippen LogP contribution in [-0.2, 0) is 0 Å². The molecule has 21 heavy (non-hydrogen) atoms. The predicted octanol–water partition coefficient (Wildman–Crippen LogP) is 2.29. The fourth-order valence-electron chi connectivity index (χ4n) is 3.46. The van der Waals surface area contributed by atoms with Crippen molar-refractivity contribution in [1.29, 1.82) is 0 Å². The van der Waals surface area contributed by atoms with E-state index in [2.05, 4.69) is 39.0 Å². The molecule has 1 aliphatic carbocycles. The van der Waals surface area contributed by atoms with Crippen molar-refractivity contribution in [3.8, 4) is 0 Å². The lowest BCUT2D eigenvalue weighted by Crippen LogP contribution is -2.36. The van der Waals surface area contributed by atoms with Crippen LogP contribution in [0.15, 0.2) is 0 Å². The first-order chi connectivity index (χ1) is 10.1. The molecule has 1 aliphatic heterocycles. The molecule has 3 rings (SSSR count). The van der Waals surface area contributed by atoms with Crippen molar-refractivity contribution in [3.63, 3.8) is 0 Å². The van der Waals surface area contributed by atoms with Crippen molar-refractivity contribution in [3.05, 3.63) is 0 Å². The summed E-state index contributed by atoms with van der Waals surface area (Å²) in [5.41, 5.74) is 5.87. The van der Waals surface area contributed by atoms with Gasteiger partial charge in [-0.3, -0.25) is 0 Å². The molecular weight excluding hydrogens is 264 g/mol. The van der Waals surface area contributed by atoms with Crippen LogP contribution in [-0.4, -0.2) is 34.1 Å². The van der Waals surface area contributed by atoms with Gasteiger partial charge in [0.05, 0.1) is 0 Å². The number of hydrogen-bond acceptors (Lipinski definition) is 6. The van der Waals surface area contributed by atoms with E-state index in [-0.39, 0.29) is 0 Å². The summed E-state index contributed by atoms with van der Waals surface area (Å²) in [6, 6.07) is 0.432. The molecule has 2 fully saturated rings. The molecular formula is C15H26N6. The average molecular weight is 290 g/mol. The van der Waals surface area contributed by atoms with Crippen molar-refractivity contribution >= 4 is 17.8 Å². The summed E-state index contributed by atoms with van der Waals surface area (Å²) < 4.78 is 0. The van der Waals surface area contributed by atoms with Crippen molar-refractivity contribution in [2.24, 2.45) is 11.8 Å². The molecule has 116 valence electrons. The zero-order chi connectivity index (χ0) is 14.8. The number of aromatic nitrogens is 3. The van der Waals surface area contributed by atoms with Gasteiger partial charge in [-0.15, -0.1) is 0 Å². The van der Waals surface area contributed by atoms with E-state index in [4.69, 9.17) is 5.73 Å². The minimum atomic E-state index is 0.311. The van der Waals surface area contributed by atoms with Gasteiger partial charge in [-0.25, -0.2) is 0 Å². The maximum Gasteiger partial charge on any atom is 0.231 e. The summed E-state index contributed by atoms with van der Waals surface area (Å²) in [6.45, 7) is 6.67. The molecule has 1 saturated carbocycles. The van der Waals surface area contributed by atoms with Gasteiger partial charge in [0.1, 0.15) is 0 Å². The third kappa shape index (κ3) is 3.19. The van der Waals surface area contributed by atoms with Gasteiger partial charge in [0, 0.05) is 19.1 Å². The molecule has 2 heterocycles. The second-order valence-electron chi connectivity index (χ2n) is 6.53. The van der Waals surface area contributed by atoms with Crippen LogP contribution in [0.4, 0.5) is 17.8 Å². The van der Waals surface area contributed by atoms with Crippen molar-refractivity contribution in [2.75, 3.05) is 29.0 Å². The molecule has 0 amide bonds. The number of anilines is 3. The van der Waals surface area contributed by atoms with E-state index in [9.17, 15) is 0 Å². The summed E-state index contributed by atoms with van der Waals surface area (Å²) >= 11 is 0. The Morgan fingerprint density at radius 3 is 2.57 bits per heavy atom. The van der Waals surface area contributed by atoms with Gasteiger partial charge in [-0.2, -0.15) is 15.0 Å². The fourth-order valence-corrected chi connectivity index (χ4v) is 3.46. The number of nitrogens with two attached hydrogens (primary N) is 1. The summed E-state index contributed by atoms with van der Waals surface area (Å²) in [5, 5.41) is 3.50. The van der Waals surface area contributed by atoms with E-state index in [1.54, 1.807) is 0 Å². The average Bonchev–Trinajstić information content (AvgIpc) is 2.97. The molecule has 3 unspecified atom stereocenters. The minimum Gasteiger partial charge on any atom is -0.368 e. The van der Waals surface area contributed by atoms with Crippen LogP contribution in [0, 0.1) is 11.8 Å². The lowest BCUT2D eigenvalue weighted by atomic mass is 9.78. The highest BCUT2D eigenvalue weighted by Crippen LogP contribution is 2.31. The Morgan fingerprint density at radius 1 is 1.05 bits per heavy atom. The largest absolute Gasteiger partial charge is 0.368 e. The Balaban J connectivity index is 1.75. The van der Waals surface area contributed by atoms with Gasteiger partial charge in [0.2, 0.25) is 17.8 Å². The maximum absolute atomic E-state index is 5.87. The maximum atomic E-state index is 5.87. The van der Waals surface area contributed by atoms with Crippen LogP contribution in [0.2, 0.25) is 0 Å². The number of rotatable bonds is 3. The van der Waals surface area contributed by atoms with Crippen LogP contribution >= 0.6 is 0 Å². The van der Waals surface area contributed by atoms with Gasteiger partial charge in [0.25, 0.3) is 0 Å². The Kier molecular flexibility index (Phi) is 4.12. The number of hydrogen-bond donors (Lipinski definition) is 2. The zero-order valence-corrected chi connectivity index (χ0v) is 13.0. The second kappa shape index (κ2) is 6.03. The lowest BCUT2D eigenvalue weighted by molar-refractivity contribution is 0.252. The highest BCUT2D eigenvalue weighted by Gasteiger charge is 2.28. The molecule has 6 nitrogen and oxygen atoms in total. The Hall–Kier alpha value is -1.59. The smallest absolute Gasteiger partial charge is 0.231 e. The lowest BCUT2D eigenvalue weighted by Gasteiger charge is -2.34. The molecule has 0 radical (unpaired) electrons. The molecule has 2 aliphatic rings. The highest BCUT2D eigenvalue weighted by molar-refractivity contribution is 5.43. The first-order valence-corrected chi connectivity index (χ1v) is 8.16.